The lowest BCUT2D eigenvalue weighted by molar-refractivity contribution is 0.0511. The smallest absolute Gasteiger partial charge is 0.0755 e. The molecule has 2 nitrogen and oxygen atoms in total. The van der Waals surface area contributed by atoms with Gasteiger partial charge in [-0.25, -0.2) is 0 Å². The van der Waals surface area contributed by atoms with E-state index in [9.17, 15) is 0 Å². The molecule has 2 atom stereocenters. The Bertz CT molecular complexity index is 434. The van der Waals surface area contributed by atoms with Gasteiger partial charge in [0.25, 0.3) is 0 Å². The van der Waals surface area contributed by atoms with E-state index in [4.69, 9.17) is 27.9 Å². The van der Waals surface area contributed by atoms with Gasteiger partial charge in [0.15, 0.2) is 0 Å². The van der Waals surface area contributed by atoms with E-state index in [0.29, 0.717) is 22.0 Å². The van der Waals surface area contributed by atoms with Gasteiger partial charge in [0, 0.05) is 13.2 Å². The van der Waals surface area contributed by atoms with Crippen LogP contribution in [0.4, 0.5) is 0 Å². The fraction of sp³-hybridized carbons (Fsp3) is 0.625. The van der Waals surface area contributed by atoms with E-state index < -0.39 is 0 Å². The van der Waals surface area contributed by atoms with Crippen LogP contribution in [-0.2, 0) is 11.2 Å². The molecule has 20 heavy (non-hydrogen) atoms. The Morgan fingerprint density at radius 3 is 2.60 bits per heavy atom. The Morgan fingerprint density at radius 1 is 1.30 bits per heavy atom. The third-order valence-electron chi connectivity index (χ3n) is 3.85. The highest BCUT2D eigenvalue weighted by Gasteiger charge is 2.36. The van der Waals surface area contributed by atoms with Crippen LogP contribution in [0.3, 0.4) is 0 Å². The summed E-state index contributed by atoms with van der Waals surface area (Å²) in [7, 11) is 1.82. The molecule has 0 saturated heterocycles. The highest BCUT2D eigenvalue weighted by atomic mass is 35.5. The van der Waals surface area contributed by atoms with E-state index in [2.05, 4.69) is 18.3 Å². The molecule has 1 saturated carbocycles. The molecule has 1 aromatic rings. The average Bonchev–Trinajstić information content (AvgIpc) is 3.25. The predicted molar refractivity (Wildman–Crippen MR) is 85.8 cm³/mol. The van der Waals surface area contributed by atoms with Crippen LogP contribution in [0.5, 0.6) is 0 Å². The molecular weight excluding hydrogens is 293 g/mol. The van der Waals surface area contributed by atoms with Crippen LogP contribution in [-0.4, -0.2) is 25.8 Å². The SMILES string of the molecule is CCCNC(Cc1ccc(Cl)c(Cl)c1)C(OC)C1CC1. The van der Waals surface area contributed by atoms with Crippen molar-refractivity contribution < 1.29 is 4.74 Å². The highest BCUT2D eigenvalue weighted by Crippen LogP contribution is 2.36. The number of halogens is 2. The van der Waals surface area contributed by atoms with Gasteiger partial charge in [-0.15, -0.1) is 0 Å². The molecule has 2 rings (SSSR count). The molecule has 1 aliphatic rings. The highest BCUT2D eigenvalue weighted by molar-refractivity contribution is 6.42. The van der Waals surface area contributed by atoms with E-state index in [1.54, 1.807) is 0 Å². The molecule has 0 heterocycles. The zero-order chi connectivity index (χ0) is 14.5. The van der Waals surface area contributed by atoms with Crippen LogP contribution in [0.2, 0.25) is 10.0 Å². The first kappa shape index (κ1) is 16.1. The minimum Gasteiger partial charge on any atom is -0.380 e. The first-order valence-corrected chi connectivity index (χ1v) is 8.11. The van der Waals surface area contributed by atoms with Crippen LogP contribution in [0.1, 0.15) is 31.7 Å². The summed E-state index contributed by atoms with van der Waals surface area (Å²) in [5.74, 6) is 0.706. The molecule has 0 spiro atoms. The lowest BCUT2D eigenvalue weighted by Crippen LogP contribution is -2.44. The third kappa shape index (κ3) is 4.36. The van der Waals surface area contributed by atoms with Crippen molar-refractivity contribution in [3.8, 4) is 0 Å². The zero-order valence-electron chi connectivity index (χ0n) is 12.2. The Labute approximate surface area is 131 Å². The molecule has 2 unspecified atom stereocenters. The van der Waals surface area contributed by atoms with Gasteiger partial charge >= 0.3 is 0 Å². The summed E-state index contributed by atoms with van der Waals surface area (Å²) in [6, 6.07) is 6.22. The monoisotopic (exact) mass is 315 g/mol. The maximum absolute atomic E-state index is 6.11. The van der Waals surface area contributed by atoms with Crippen molar-refractivity contribution in [3.05, 3.63) is 33.8 Å². The van der Waals surface area contributed by atoms with Crippen LogP contribution >= 0.6 is 23.2 Å². The molecular formula is C16H23Cl2NO. The molecule has 4 heteroatoms. The summed E-state index contributed by atoms with van der Waals surface area (Å²) in [6.07, 6.45) is 4.90. The summed E-state index contributed by atoms with van der Waals surface area (Å²) in [5, 5.41) is 4.86. The van der Waals surface area contributed by atoms with Crippen molar-refractivity contribution in [1.82, 2.24) is 5.32 Å². The fourth-order valence-electron chi connectivity index (χ4n) is 2.66. The number of ether oxygens (including phenoxy) is 1. The van der Waals surface area contributed by atoms with E-state index >= 15 is 0 Å². The summed E-state index contributed by atoms with van der Waals surface area (Å²) in [6.45, 7) is 3.20. The lowest BCUT2D eigenvalue weighted by Gasteiger charge is -2.27. The molecule has 1 N–H and O–H groups in total. The van der Waals surface area contributed by atoms with Gasteiger partial charge in [0.1, 0.15) is 0 Å². The molecule has 1 fully saturated rings. The molecule has 112 valence electrons. The minimum atomic E-state index is 0.288. The largest absolute Gasteiger partial charge is 0.380 e. The van der Waals surface area contributed by atoms with E-state index in [1.807, 2.05) is 19.2 Å². The van der Waals surface area contributed by atoms with Crippen LogP contribution in [0.25, 0.3) is 0 Å². The van der Waals surface area contributed by atoms with Crippen molar-refractivity contribution >= 4 is 23.2 Å². The Balaban J connectivity index is 2.07. The van der Waals surface area contributed by atoms with E-state index in [-0.39, 0.29) is 6.10 Å². The first-order valence-electron chi connectivity index (χ1n) is 7.35. The number of rotatable bonds is 8. The topological polar surface area (TPSA) is 21.3 Å². The van der Waals surface area contributed by atoms with Crippen molar-refractivity contribution in [1.29, 1.82) is 0 Å². The Morgan fingerprint density at radius 2 is 2.05 bits per heavy atom. The van der Waals surface area contributed by atoms with Crippen molar-refractivity contribution in [2.24, 2.45) is 5.92 Å². The minimum absolute atomic E-state index is 0.288. The average molecular weight is 316 g/mol. The van der Waals surface area contributed by atoms with Crippen LogP contribution in [0.15, 0.2) is 18.2 Å². The molecule has 0 radical (unpaired) electrons. The number of benzene rings is 1. The first-order chi connectivity index (χ1) is 9.65. The maximum Gasteiger partial charge on any atom is 0.0755 e. The lowest BCUT2D eigenvalue weighted by atomic mass is 9.98. The zero-order valence-corrected chi connectivity index (χ0v) is 13.7. The summed E-state index contributed by atoms with van der Waals surface area (Å²) in [5.41, 5.74) is 1.20. The van der Waals surface area contributed by atoms with Gasteiger partial charge < -0.3 is 10.1 Å². The molecule has 1 aliphatic carbocycles. The maximum atomic E-state index is 6.11. The molecule has 1 aromatic carbocycles. The predicted octanol–water partition coefficient (Wildman–Crippen LogP) is 4.33. The standard InChI is InChI=1S/C16H23Cl2NO/c1-3-8-19-15(16(20-2)12-5-6-12)10-11-4-7-13(17)14(18)9-11/h4,7,9,12,15-16,19H,3,5-6,8,10H2,1-2H3. The van der Waals surface area contributed by atoms with Gasteiger partial charge in [-0.3, -0.25) is 0 Å². The second-order valence-corrected chi connectivity index (χ2v) is 6.37. The van der Waals surface area contributed by atoms with E-state index in [0.717, 1.165) is 19.4 Å². The van der Waals surface area contributed by atoms with Gasteiger partial charge in [-0.2, -0.15) is 0 Å². The normalized spacial score (nSPS) is 18.0. The molecule has 0 bridgehead atoms. The Kier molecular flexibility index (Phi) is 6.16. The fourth-order valence-corrected chi connectivity index (χ4v) is 2.99. The second kappa shape index (κ2) is 7.65. The second-order valence-electron chi connectivity index (χ2n) is 5.55. The number of hydrogen-bond donors (Lipinski definition) is 1. The quantitative estimate of drug-likeness (QED) is 0.771. The van der Waals surface area contributed by atoms with Gasteiger partial charge in [0.2, 0.25) is 0 Å². The van der Waals surface area contributed by atoms with Gasteiger partial charge in [-0.1, -0.05) is 36.2 Å². The van der Waals surface area contributed by atoms with Crippen molar-refractivity contribution in [2.45, 2.75) is 44.8 Å². The number of nitrogens with one attached hydrogen (secondary N) is 1. The molecule has 0 aromatic heterocycles. The molecule has 0 amide bonds. The summed E-state index contributed by atoms with van der Waals surface area (Å²) >= 11 is 12.1. The third-order valence-corrected chi connectivity index (χ3v) is 4.59. The number of hydrogen-bond acceptors (Lipinski definition) is 2. The summed E-state index contributed by atoms with van der Waals surface area (Å²) in [4.78, 5) is 0. The van der Waals surface area contributed by atoms with Crippen molar-refractivity contribution in [2.75, 3.05) is 13.7 Å². The van der Waals surface area contributed by atoms with E-state index in [1.165, 1.54) is 18.4 Å². The number of methoxy groups -OCH3 is 1. The van der Waals surface area contributed by atoms with Crippen molar-refractivity contribution in [3.63, 3.8) is 0 Å². The Hall–Kier alpha value is -0.280. The molecule has 0 aliphatic heterocycles. The van der Waals surface area contributed by atoms with Gasteiger partial charge in [0.05, 0.1) is 16.1 Å². The van der Waals surface area contributed by atoms with Gasteiger partial charge in [-0.05, 0) is 55.8 Å². The van der Waals surface area contributed by atoms with Crippen LogP contribution < -0.4 is 5.32 Å². The van der Waals surface area contributed by atoms with Crippen LogP contribution in [0, 0.1) is 5.92 Å². The summed E-state index contributed by atoms with van der Waals surface area (Å²) < 4.78 is 5.74.